The predicted molar refractivity (Wildman–Crippen MR) is 106 cm³/mol. The lowest BCUT2D eigenvalue weighted by Gasteiger charge is -2.25. The summed E-state index contributed by atoms with van der Waals surface area (Å²) in [6, 6.07) is 0. The third-order valence-corrected chi connectivity index (χ3v) is 5.99. The minimum atomic E-state index is -2.33. The van der Waals surface area contributed by atoms with Crippen molar-refractivity contribution in [1.29, 1.82) is 0 Å². The fourth-order valence-corrected chi connectivity index (χ4v) is 4.03. The van der Waals surface area contributed by atoms with Gasteiger partial charge in [-0.3, -0.25) is 14.5 Å². The first-order chi connectivity index (χ1) is 12.9. The van der Waals surface area contributed by atoms with Gasteiger partial charge in [-0.1, -0.05) is 23.4 Å². The van der Waals surface area contributed by atoms with Crippen LogP contribution in [0.2, 0.25) is 0 Å². The Bertz CT molecular complexity index is 669. The van der Waals surface area contributed by atoms with Crippen molar-refractivity contribution in [2.24, 2.45) is 5.16 Å². The Morgan fingerprint density at radius 1 is 1.25 bits per heavy atom. The fourth-order valence-electron chi connectivity index (χ4n) is 1.88. The van der Waals surface area contributed by atoms with Gasteiger partial charge in [-0.25, -0.2) is 18.7 Å². The molecule has 0 radical (unpaired) electrons. The molecule has 0 aliphatic carbocycles. The van der Waals surface area contributed by atoms with Gasteiger partial charge in [0.25, 0.3) is 0 Å². The number of ether oxygens (including phenoxy) is 2. The Morgan fingerprint density at radius 2 is 1.75 bits per heavy atom. The standard InChI is InChI=1S/C15H22ClN3O7S2/c1-7-24-10(21)15(16,11(22)25-8-2)28-19(6)13(23)26-17-12-18(5)9(20)14(3,4)27-12/h7-8H2,1-6H3. The molecule has 0 aromatic heterocycles. The molecule has 2 amide bonds. The van der Waals surface area contributed by atoms with Gasteiger partial charge in [0.05, 0.1) is 18.0 Å². The van der Waals surface area contributed by atoms with Crippen molar-refractivity contribution in [1.82, 2.24) is 9.21 Å². The molecule has 0 aromatic carbocycles. The number of thioether (sulfide) groups is 1. The second kappa shape index (κ2) is 9.70. The lowest BCUT2D eigenvalue weighted by Crippen LogP contribution is -2.44. The van der Waals surface area contributed by atoms with E-state index in [9.17, 15) is 19.2 Å². The van der Waals surface area contributed by atoms with Crippen LogP contribution in [0.1, 0.15) is 27.7 Å². The molecule has 1 fully saturated rings. The number of hydrogen-bond acceptors (Lipinski definition) is 10. The number of alkyl halides is 1. The largest absolute Gasteiger partial charge is 0.464 e. The summed E-state index contributed by atoms with van der Waals surface area (Å²) in [5, 5.41) is 3.86. The third-order valence-electron chi connectivity index (χ3n) is 3.25. The van der Waals surface area contributed by atoms with E-state index in [1.165, 1.54) is 32.8 Å². The molecule has 28 heavy (non-hydrogen) atoms. The van der Waals surface area contributed by atoms with E-state index in [0.717, 1.165) is 16.1 Å². The molecular formula is C15H22ClN3O7S2. The summed E-state index contributed by atoms with van der Waals surface area (Å²) in [7, 11) is 2.73. The SMILES string of the molecule is CCOC(=O)C(Cl)(SN(C)C(=O)ON=C1SC(C)(C)C(=O)N1C)C(=O)OCC. The Labute approximate surface area is 176 Å². The summed E-state index contributed by atoms with van der Waals surface area (Å²) in [5.74, 6) is -2.35. The van der Waals surface area contributed by atoms with E-state index in [1.54, 1.807) is 13.8 Å². The summed E-state index contributed by atoms with van der Waals surface area (Å²) >= 11 is 7.59. The van der Waals surface area contributed by atoms with Gasteiger partial charge < -0.3 is 9.47 Å². The van der Waals surface area contributed by atoms with E-state index in [1.807, 2.05) is 0 Å². The average molecular weight is 456 g/mol. The Morgan fingerprint density at radius 3 is 2.14 bits per heavy atom. The molecule has 1 saturated heterocycles. The van der Waals surface area contributed by atoms with Crippen molar-refractivity contribution in [3.8, 4) is 0 Å². The number of rotatable bonds is 7. The minimum Gasteiger partial charge on any atom is -0.464 e. The van der Waals surface area contributed by atoms with Crippen molar-refractivity contribution >= 4 is 64.4 Å². The monoisotopic (exact) mass is 455 g/mol. The summed E-state index contributed by atoms with van der Waals surface area (Å²) in [4.78, 5) is 54.5. The maximum absolute atomic E-state index is 12.2. The Balaban J connectivity index is 2.88. The van der Waals surface area contributed by atoms with Crippen molar-refractivity contribution in [2.75, 3.05) is 27.3 Å². The molecular weight excluding hydrogens is 434 g/mol. The van der Waals surface area contributed by atoms with Gasteiger partial charge in [-0.15, -0.1) is 0 Å². The van der Waals surface area contributed by atoms with Crippen LogP contribution in [0.3, 0.4) is 0 Å². The topological polar surface area (TPSA) is 115 Å². The Hall–Kier alpha value is -1.66. The second-order valence-corrected chi connectivity index (χ2v) is 9.56. The molecule has 0 spiro atoms. The van der Waals surface area contributed by atoms with Crippen LogP contribution in [0.5, 0.6) is 0 Å². The van der Waals surface area contributed by atoms with Crippen LogP contribution >= 0.6 is 35.3 Å². The van der Waals surface area contributed by atoms with Crippen LogP contribution in [0.15, 0.2) is 5.16 Å². The number of oxime groups is 1. The molecule has 13 heteroatoms. The summed E-state index contributed by atoms with van der Waals surface area (Å²) in [6.07, 6.45) is -1.03. The molecule has 1 aliphatic heterocycles. The predicted octanol–water partition coefficient (Wildman–Crippen LogP) is 2.02. The highest BCUT2D eigenvalue weighted by atomic mass is 35.5. The molecule has 0 unspecified atom stereocenters. The molecule has 0 atom stereocenters. The van der Waals surface area contributed by atoms with E-state index < -0.39 is 27.0 Å². The van der Waals surface area contributed by atoms with Crippen molar-refractivity contribution in [3.05, 3.63) is 0 Å². The van der Waals surface area contributed by atoms with Crippen molar-refractivity contribution < 1.29 is 33.5 Å². The van der Waals surface area contributed by atoms with Gasteiger partial charge in [0.1, 0.15) is 0 Å². The molecule has 10 nitrogen and oxygen atoms in total. The van der Waals surface area contributed by atoms with Crippen LogP contribution in [0.25, 0.3) is 0 Å². The van der Waals surface area contributed by atoms with Gasteiger partial charge in [-0.05, 0) is 32.9 Å². The van der Waals surface area contributed by atoms with Crippen LogP contribution in [-0.4, -0.2) is 74.6 Å². The zero-order valence-corrected chi connectivity index (χ0v) is 18.7. The van der Waals surface area contributed by atoms with E-state index in [4.69, 9.17) is 25.9 Å². The smallest absolute Gasteiger partial charge is 0.445 e. The number of esters is 2. The van der Waals surface area contributed by atoms with Crippen LogP contribution in [0, 0.1) is 0 Å². The van der Waals surface area contributed by atoms with Gasteiger partial charge in [0.2, 0.25) is 11.1 Å². The van der Waals surface area contributed by atoms with Crippen molar-refractivity contribution in [3.63, 3.8) is 0 Å². The fraction of sp³-hybridized carbons (Fsp3) is 0.667. The zero-order chi connectivity index (χ0) is 21.7. The summed E-state index contributed by atoms with van der Waals surface area (Å²) in [6.45, 7) is 6.45. The van der Waals surface area contributed by atoms with E-state index in [0.29, 0.717) is 11.9 Å². The quantitative estimate of drug-likeness (QED) is 0.142. The minimum absolute atomic E-state index is 0.0253. The average Bonchev–Trinajstić information content (AvgIpc) is 2.82. The van der Waals surface area contributed by atoms with Crippen LogP contribution in [-0.2, 0) is 28.7 Å². The zero-order valence-electron chi connectivity index (χ0n) is 16.3. The number of amidine groups is 1. The second-order valence-electron chi connectivity index (χ2n) is 5.83. The number of nitrogens with zero attached hydrogens (tertiary/aromatic N) is 3. The first-order valence-electron chi connectivity index (χ1n) is 8.13. The molecule has 0 bridgehead atoms. The maximum Gasteiger partial charge on any atom is 0.445 e. The highest BCUT2D eigenvalue weighted by Gasteiger charge is 2.51. The number of carbonyl (C=O) groups is 4. The summed E-state index contributed by atoms with van der Waals surface area (Å²) < 4.78 is 7.33. The molecule has 0 N–H and O–H groups in total. The lowest BCUT2D eigenvalue weighted by molar-refractivity contribution is -0.155. The van der Waals surface area contributed by atoms with Crippen LogP contribution in [0.4, 0.5) is 4.79 Å². The van der Waals surface area contributed by atoms with E-state index >= 15 is 0 Å². The number of hydrogen-bond donors (Lipinski definition) is 0. The maximum atomic E-state index is 12.2. The molecule has 158 valence electrons. The first kappa shape index (κ1) is 24.4. The molecule has 0 aromatic rings. The molecule has 1 aliphatic rings. The third kappa shape index (κ3) is 5.45. The normalized spacial score (nSPS) is 17.5. The first-order valence-corrected chi connectivity index (χ1v) is 10.1. The highest BCUT2D eigenvalue weighted by molar-refractivity contribution is 8.16. The van der Waals surface area contributed by atoms with Crippen LogP contribution < -0.4 is 0 Å². The van der Waals surface area contributed by atoms with Crippen molar-refractivity contribution in [2.45, 2.75) is 36.6 Å². The highest BCUT2D eigenvalue weighted by Crippen LogP contribution is 2.37. The van der Waals surface area contributed by atoms with E-state index in [2.05, 4.69) is 5.16 Å². The van der Waals surface area contributed by atoms with Gasteiger partial charge in [-0.2, -0.15) is 0 Å². The van der Waals surface area contributed by atoms with Gasteiger partial charge in [0, 0.05) is 26.0 Å². The number of carbonyl (C=O) groups excluding carboxylic acids is 4. The summed E-state index contributed by atoms with van der Waals surface area (Å²) in [5.41, 5.74) is 0. The Kier molecular flexibility index (Phi) is 8.45. The lowest BCUT2D eigenvalue weighted by atomic mass is 10.2. The van der Waals surface area contributed by atoms with Gasteiger partial charge in [0.15, 0.2) is 0 Å². The van der Waals surface area contributed by atoms with Gasteiger partial charge >= 0.3 is 22.2 Å². The van der Waals surface area contributed by atoms with E-state index in [-0.39, 0.29) is 24.3 Å². The molecule has 1 heterocycles. The molecule has 1 rings (SSSR count). The molecule has 0 saturated carbocycles. The number of amides is 2. The number of halogens is 1.